The molecule has 0 radical (unpaired) electrons. The van der Waals surface area contributed by atoms with Crippen LogP contribution in [0.5, 0.6) is 0 Å². The number of nitro groups is 1. The standard InChI is InChI=1S/C19H21N3O3.ClH/c20-18-13-21(12-17(18)15-6-2-1-3-7-15)19(23)10-9-14-5-4-8-16(11-14)22(24)25;/h1-8,11,17-18H,9-10,12-13,20H2;1H/t17-,18+;/m0./s1. The van der Waals surface area contributed by atoms with E-state index >= 15 is 0 Å². The quantitative estimate of drug-likeness (QED) is 0.642. The van der Waals surface area contributed by atoms with Gasteiger partial charge in [0, 0.05) is 43.6 Å². The Hall–Kier alpha value is -2.44. The second-order valence-corrected chi connectivity index (χ2v) is 6.41. The Balaban J connectivity index is 0.00000243. The van der Waals surface area contributed by atoms with Crippen molar-refractivity contribution in [3.05, 3.63) is 75.8 Å². The van der Waals surface area contributed by atoms with Gasteiger partial charge in [0.1, 0.15) is 0 Å². The minimum absolute atomic E-state index is 0. The molecular weight excluding hydrogens is 354 g/mol. The molecule has 7 heteroatoms. The Morgan fingerprint density at radius 3 is 2.58 bits per heavy atom. The van der Waals surface area contributed by atoms with Crippen LogP contribution in [-0.4, -0.2) is 34.9 Å². The lowest BCUT2D eigenvalue weighted by molar-refractivity contribution is -0.384. The Morgan fingerprint density at radius 2 is 1.88 bits per heavy atom. The van der Waals surface area contributed by atoms with E-state index < -0.39 is 4.92 Å². The van der Waals surface area contributed by atoms with Gasteiger partial charge in [0.05, 0.1) is 4.92 Å². The highest BCUT2D eigenvalue weighted by molar-refractivity contribution is 5.85. The molecule has 0 spiro atoms. The number of nitrogens with two attached hydrogens (primary N) is 1. The number of non-ortho nitro benzene ring substituents is 1. The van der Waals surface area contributed by atoms with Gasteiger partial charge >= 0.3 is 0 Å². The summed E-state index contributed by atoms with van der Waals surface area (Å²) in [5, 5.41) is 10.8. The Morgan fingerprint density at radius 1 is 1.15 bits per heavy atom. The average molecular weight is 376 g/mol. The molecule has 1 aliphatic rings. The molecule has 0 saturated carbocycles. The van der Waals surface area contributed by atoms with Crippen LogP contribution in [0, 0.1) is 10.1 Å². The molecule has 2 atom stereocenters. The molecule has 2 aromatic rings. The third-order valence-corrected chi connectivity index (χ3v) is 4.69. The molecule has 0 aliphatic carbocycles. The van der Waals surface area contributed by atoms with Gasteiger partial charge in [-0.15, -0.1) is 12.4 Å². The van der Waals surface area contributed by atoms with Gasteiger partial charge in [0.15, 0.2) is 0 Å². The molecule has 26 heavy (non-hydrogen) atoms. The summed E-state index contributed by atoms with van der Waals surface area (Å²) in [7, 11) is 0. The maximum Gasteiger partial charge on any atom is 0.269 e. The maximum absolute atomic E-state index is 12.5. The summed E-state index contributed by atoms with van der Waals surface area (Å²) in [6, 6.07) is 16.4. The zero-order valence-electron chi connectivity index (χ0n) is 14.3. The minimum Gasteiger partial charge on any atom is -0.340 e. The van der Waals surface area contributed by atoms with Gasteiger partial charge in [-0.1, -0.05) is 42.5 Å². The maximum atomic E-state index is 12.5. The van der Waals surface area contributed by atoms with Crippen molar-refractivity contribution in [1.29, 1.82) is 0 Å². The Labute approximate surface area is 158 Å². The smallest absolute Gasteiger partial charge is 0.269 e. The molecule has 0 unspecified atom stereocenters. The molecule has 2 N–H and O–H groups in total. The van der Waals surface area contributed by atoms with Crippen LogP contribution in [0.4, 0.5) is 5.69 Å². The number of aryl methyl sites for hydroxylation is 1. The molecule has 3 rings (SSSR count). The number of likely N-dealkylation sites (tertiary alicyclic amines) is 1. The van der Waals surface area contributed by atoms with Gasteiger partial charge in [-0.05, 0) is 17.5 Å². The molecule has 2 aromatic carbocycles. The number of carbonyl (C=O) groups excluding carboxylic acids is 1. The van der Waals surface area contributed by atoms with Crippen molar-refractivity contribution in [1.82, 2.24) is 4.90 Å². The Kier molecular flexibility index (Phi) is 6.71. The van der Waals surface area contributed by atoms with E-state index in [1.807, 2.05) is 36.4 Å². The number of halogens is 1. The van der Waals surface area contributed by atoms with E-state index in [1.165, 1.54) is 12.1 Å². The van der Waals surface area contributed by atoms with Crippen LogP contribution in [0.2, 0.25) is 0 Å². The summed E-state index contributed by atoms with van der Waals surface area (Å²) in [6.45, 7) is 1.17. The van der Waals surface area contributed by atoms with Gasteiger partial charge in [0.2, 0.25) is 5.91 Å². The predicted molar refractivity (Wildman–Crippen MR) is 102 cm³/mol. The van der Waals surface area contributed by atoms with Crippen molar-refractivity contribution in [3.8, 4) is 0 Å². The first kappa shape index (κ1) is 19.9. The fourth-order valence-electron chi connectivity index (χ4n) is 3.32. The molecule has 1 saturated heterocycles. The van der Waals surface area contributed by atoms with Crippen molar-refractivity contribution in [2.45, 2.75) is 24.8 Å². The molecule has 1 aliphatic heterocycles. The van der Waals surface area contributed by atoms with Crippen molar-refractivity contribution in [2.24, 2.45) is 5.73 Å². The number of amides is 1. The molecule has 6 nitrogen and oxygen atoms in total. The van der Waals surface area contributed by atoms with Gasteiger partial charge in [-0.2, -0.15) is 0 Å². The van der Waals surface area contributed by atoms with Crippen LogP contribution in [0.1, 0.15) is 23.5 Å². The summed E-state index contributed by atoms with van der Waals surface area (Å²) < 4.78 is 0. The third kappa shape index (κ3) is 4.59. The van der Waals surface area contributed by atoms with E-state index in [9.17, 15) is 14.9 Å². The topological polar surface area (TPSA) is 89.5 Å². The average Bonchev–Trinajstić information content (AvgIpc) is 3.02. The number of hydrogen-bond acceptors (Lipinski definition) is 4. The van der Waals surface area contributed by atoms with E-state index in [1.54, 1.807) is 11.0 Å². The van der Waals surface area contributed by atoms with E-state index in [4.69, 9.17) is 5.73 Å². The van der Waals surface area contributed by atoms with Crippen molar-refractivity contribution >= 4 is 24.0 Å². The number of rotatable bonds is 5. The lowest BCUT2D eigenvalue weighted by atomic mass is 9.95. The number of benzene rings is 2. The van der Waals surface area contributed by atoms with E-state index in [0.717, 1.165) is 11.1 Å². The first-order valence-electron chi connectivity index (χ1n) is 8.36. The fourth-order valence-corrected chi connectivity index (χ4v) is 3.32. The molecule has 1 amide bonds. The molecule has 1 fully saturated rings. The summed E-state index contributed by atoms with van der Waals surface area (Å²) in [5.74, 6) is 0.198. The largest absolute Gasteiger partial charge is 0.340 e. The molecule has 0 bridgehead atoms. The van der Waals surface area contributed by atoms with E-state index in [2.05, 4.69) is 0 Å². The first-order valence-corrected chi connectivity index (χ1v) is 8.36. The second-order valence-electron chi connectivity index (χ2n) is 6.41. The highest BCUT2D eigenvalue weighted by atomic mass is 35.5. The lowest BCUT2D eigenvalue weighted by Gasteiger charge is -2.16. The van der Waals surface area contributed by atoms with Crippen LogP contribution in [0.3, 0.4) is 0 Å². The molecule has 1 heterocycles. The summed E-state index contributed by atoms with van der Waals surface area (Å²) >= 11 is 0. The van der Waals surface area contributed by atoms with Crippen molar-refractivity contribution in [2.75, 3.05) is 13.1 Å². The van der Waals surface area contributed by atoms with Gasteiger partial charge in [0.25, 0.3) is 5.69 Å². The Bertz CT molecular complexity index is 770. The van der Waals surface area contributed by atoms with Crippen LogP contribution >= 0.6 is 12.4 Å². The number of nitrogens with zero attached hydrogens (tertiary/aromatic N) is 2. The summed E-state index contributed by atoms with van der Waals surface area (Å²) in [4.78, 5) is 24.7. The number of nitro benzene ring substituents is 1. The van der Waals surface area contributed by atoms with E-state index in [-0.39, 0.29) is 36.0 Å². The molecule has 138 valence electrons. The van der Waals surface area contributed by atoms with Crippen LogP contribution in [0.15, 0.2) is 54.6 Å². The fraction of sp³-hybridized carbons (Fsp3) is 0.316. The van der Waals surface area contributed by atoms with E-state index in [0.29, 0.717) is 25.9 Å². The SMILES string of the molecule is Cl.N[C@@H]1CN(C(=O)CCc2cccc([N+](=O)[O-])c2)C[C@H]1c1ccccc1. The highest BCUT2D eigenvalue weighted by Gasteiger charge is 2.33. The summed E-state index contributed by atoms with van der Waals surface area (Å²) in [5.41, 5.74) is 8.24. The third-order valence-electron chi connectivity index (χ3n) is 4.69. The summed E-state index contributed by atoms with van der Waals surface area (Å²) in [6.07, 6.45) is 0.817. The molecular formula is C19H22ClN3O3. The highest BCUT2D eigenvalue weighted by Crippen LogP contribution is 2.27. The van der Waals surface area contributed by atoms with Crippen LogP contribution in [-0.2, 0) is 11.2 Å². The van der Waals surface area contributed by atoms with Gasteiger partial charge < -0.3 is 10.6 Å². The van der Waals surface area contributed by atoms with Crippen LogP contribution < -0.4 is 5.73 Å². The normalized spacial score (nSPS) is 19.0. The molecule has 0 aromatic heterocycles. The monoisotopic (exact) mass is 375 g/mol. The second kappa shape index (κ2) is 8.78. The van der Waals surface area contributed by atoms with Crippen molar-refractivity contribution < 1.29 is 9.72 Å². The zero-order valence-corrected chi connectivity index (χ0v) is 15.1. The minimum atomic E-state index is -0.421. The number of hydrogen-bond donors (Lipinski definition) is 1. The van der Waals surface area contributed by atoms with Gasteiger partial charge in [-0.25, -0.2) is 0 Å². The van der Waals surface area contributed by atoms with Crippen LogP contribution in [0.25, 0.3) is 0 Å². The van der Waals surface area contributed by atoms with Crippen molar-refractivity contribution in [3.63, 3.8) is 0 Å². The number of carbonyl (C=O) groups is 1. The lowest BCUT2D eigenvalue weighted by Crippen LogP contribution is -2.32. The first-order chi connectivity index (χ1) is 12.0. The predicted octanol–water partition coefficient (Wildman–Crippen LogP) is 2.90. The zero-order chi connectivity index (χ0) is 17.8. The van der Waals surface area contributed by atoms with Gasteiger partial charge in [-0.3, -0.25) is 14.9 Å².